The molecule has 2 N–H and O–H groups in total. The molecule has 2 heterocycles. The average molecular weight is 433 g/mol. The Morgan fingerprint density at radius 3 is 2.35 bits per heavy atom. The summed E-state index contributed by atoms with van der Waals surface area (Å²) in [6, 6.07) is 22.3. The summed E-state index contributed by atoms with van der Waals surface area (Å²) in [5.41, 5.74) is 4.05. The summed E-state index contributed by atoms with van der Waals surface area (Å²) in [7, 11) is -3.71. The van der Waals surface area contributed by atoms with Crippen LogP contribution in [0.15, 0.2) is 77.7 Å². The van der Waals surface area contributed by atoms with E-state index in [4.69, 9.17) is 0 Å². The Hall–Kier alpha value is -3.32. The Kier molecular flexibility index (Phi) is 5.11. The SMILES string of the molecule is O=S(=O)(Nc1ccc(N2CCCCC2)cc1)c1ccc2nc(-c3ccccc3)[nH]c2c1. The third kappa shape index (κ3) is 4.14. The van der Waals surface area contributed by atoms with Gasteiger partial charge < -0.3 is 9.88 Å². The van der Waals surface area contributed by atoms with E-state index in [0.29, 0.717) is 17.0 Å². The molecule has 0 amide bonds. The number of sulfonamides is 1. The number of aromatic amines is 1. The number of anilines is 2. The zero-order valence-electron chi connectivity index (χ0n) is 17.1. The van der Waals surface area contributed by atoms with Crippen molar-refractivity contribution in [3.63, 3.8) is 0 Å². The molecule has 31 heavy (non-hydrogen) atoms. The van der Waals surface area contributed by atoms with Crippen LogP contribution in [-0.4, -0.2) is 31.5 Å². The number of piperidine rings is 1. The van der Waals surface area contributed by atoms with Gasteiger partial charge in [0, 0.05) is 30.0 Å². The number of H-pyrrole nitrogens is 1. The van der Waals surface area contributed by atoms with Gasteiger partial charge in [-0.25, -0.2) is 13.4 Å². The van der Waals surface area contributed by atoms with Crippen LogP contribution in [-0.2, 0) is 10.0 Å². The number of benzene rings is 3. The summed E-state index contributed by atoms with van der Waals surface area (Å²) in [5, 5.41) is 0. The Labute approximate surface area is 182 Å². The first kappa shape index (κ1) is 19.6. The van der Waals surface area contributed by atoms with E-state index in [9.17, 15) is 8.42 Å². The van der Waals surface area contributed by atoms with Crippen LogP contribution in [0.1, 0.15) is 19.3 Å². The van der Waals surface area contributed by atoms with Crippen LogP contribution in [0.2, 0.25) is 0 Å². The maximum absolute atomic E-state index is 13.0. The van der Waals surface area contributed by atoms with Crippen molar-refractivity contribution in [3.8, 4) is 11.4 Å². The van der Waals surface area contributed by atoms with Gasteiger partial charge in [0.2, 0.25) is 0 Å². The Bertz CT molecular complexity index is 1290. The molecule has 1 aliphatic rings. The van der Waals surface area contributed by atoms with E-state index in [1.54, 1.807) is 18.2 Å². The molecule has 7 heteroatoms. The molecule has 4 aromatic rings. The lowest BCUT2D eigenvalue weighted by Gasteiger charge is -2.28. The molecule has 1 fully saturated rings. The van der Waals surface area contributed by atoms with Gasteiger partial charge in [0.1, 0.15) is 5.82 Å². The van der Waals surface area contributed by atoms with Gasteiger partial charge in [-0.2, -0.15) is 0 Å². The van der Waals surface area contributed by atoms with Crippen LogP contribution >= 0.6 is 0 Å². The first-order valence-electron chi connectivity index (χ1n) is 10.5. The summed E-state index contributed by atoms with van der Waals surface area (Å²) < 4.78 is 28.6. The fraction of sp³-hybridized carbons (Fsp3) is 0.208. The van der Waals surface area contributed by atoms with Crippen LogP contribution in [0, 0.1) is 0 Å². The summed E-state index contributed by atoms with van der Waals surface area (Å²) in [6.45, 7) is 2.11. The molecule has 1 saturated heterocycles. The molecule has 0 radical (unpaired) electrons. The lowest BCUT2D eigenvalue weighted by atomic mass is 10.1. The highest BCUT2D eigenvalue weighted by Crippen LogP contribution is 2.26. The fourth-order valence-electron chi connectivity index (χ4n) is 4.00. The van der Waals surface area contributed by atoms with Crippen molar-refractivity contribution in [2.75, 3.05) is 22.7 Å². The molecule has 1 aliphatic heterocycles. The van der Waals surface area contributed by atoms with Crippen LogP contribution in [0.4, 0.5) is 11.4 Å². The van der Waals surface area contributed by atoms with Crippen molar-refractivity contribution < 1.29 is 8.42 Å². The van der Waals surface area contributed by atoms with E-state index in [1.807, 2.05) is 54.6 Å². The number of aromatic nitrogens is 2. The zero-order valence-corrected chi connectivity index (χ0v) is 17.9. The molecule has 3 aromatic carbocycles. The van der Waals surface area contributed by atoms with E-state index >= 15 is 0 Å². The monoisotopic (exact) mass is 432 g/mol. The minimum atomic E-state index is -3.71. The molecular weight excluding hydrogens is 408 g/mol. The molecule has 0 unspecified atom stereocenters. The molecule has 0 saturated carbocycles. The van der Waals surface area contributed by atoms with Crippen LogP contribution in [0.5, 0.6) is 0 Å². The maximum atomic E-state index is 13.0. The van der Waals surface area contributed by atoms with Crippen molar-refractivity contribution in [2.45, 2.75) is 24.2 Å². The lowest BCUT2D eigenvalue weighted by molar-refractivity contribution is 0.578. The number of fused-ring (bicyclic) bond motifs is 1. The van der Waals surface area contributed by atoms with Gasteiger partial charge in [-0.05, 0) is 61.7 Å². The summed E-state index contributed by atoms with van der Waals surface area (Å²) in [4.78, 5) is 10.3. The highest BCUT2D eigenvalue weighted by atomic mass is 32.2. The predicted octanol–water partition coefficient (Wildman–Crippen LogP) is 5.02. The minimum absolute atomic E-state index is 0.198. The number of hydrogen-bond acceptors (Lipinski definition) is 4. The van der Waals surface area contributed by atoms with Crippen LogP contribution < -0.4 is 9.62 Å². The minimum Gasteiger partial charge on any atom is -0.372 e. The van der Waals surface area contributed by atoms with Gasteiger partial charge in [0.05, 0.1) is 15.9 Å². The van der Waals surface area contributed by atoms with Gasteiger partial charge in [0.25, 0.3) is 10.0 Å². The zero-order chi connectivity index (χ0) is 21.3. The Morgan fingerprint density at radius 2 is 1.61 bits per heavy atom. The highest BCUT2D eigenvalue weighted by molar-refractivity contribution is 7.92. The maximum Gasteiger partial charge on any atom is 0.261 e. The van der Waals surface area contributed by atoms with Gasteiger partial charge >= 0.3 is 0 Å². The molecule has 0 aliphatic carbocycles. The Morgan fingerprint density at radius 1 is 0.871 bits per heavy atom. The second kappa shape index (κ2) is 8.07. The molecule has 6 nitrogen and oxygen atoms in total. The van der Waals surface area contributed by atoms with Crippen molar-refractivity contribution in [3.05, 3.63) is 72.8 Å². The normalized spacial score (nSPS) is 14.6. The Balaban J connectivity index is 1.37. The quantitative estimate of drug-likeness (QED) is 0.464. The fourth-order valence-corrected chi connectivity index (χ4v) is 5.08. The molecule has 0 bridgehead atoms. The molecular formula is C24H24N4O2S. The van der Waals surface area contributed by atoms with E-state index in [2.05, 4.69) is 19.6 Å². The smallest absolute Gasteiger partial charge is 0.261 e. The third-order valence-electron chi connectivity index (χ3n) is 5.65. The molecule has 158 valence electrons. The topological polar surface area (TPSA) is 78.1 Å². The van der Waals surface area contributed by atoms with Gasteiger partial charge in [0.15, 0.2) is 0 Å². The largest absolute Gasteiger partial charge is 0.372 e. The van der Waals surface area contributed by atoms with E-state index < -0.39 is 10.0 Å². The van der Waals surface area contributed by atoms with E-state index in [0.717, 1.165) is 29.9 Å². The second-order valence-electron chi connectivity index (χ2n) is 7.83. The highest BCUT2D eigenvalue weighted by Gasteiger charge is 2.17. The summed E-state index contributed by atoms with van der Waals surface area (Å²) in [6.07, 6.45) is 3.69. The number of hydrogen-bond donors (Lipinski definition) is 2. The van der Waals surface area contributed by atoms with Crippen molar-refractivity contribution in [2.24, 2.45) is 0 Å². The van der Waals surface area contributed by atoms with Gasteiger partial charge in [-0.1, -0.05) is 30.3 Å². The van der Waals surface area contributed by atoms with Crippen molar-refractivity contribution in [1.82, 2.24) is 9.97 Å². The first-order valence-corrected chi connectivity index (χ1v) is 12.0. The second-order valence-corrected chi connectivity index (χ2v) is 9.51. The molecule has 1 aromatic heterocycles. The van der Waals surface area contributed by atoms with Crippen LogP contribution in [0.3, 0.4) is 0 Å². The first-order chi connectivity index (χ1) is 15.1. The predicted molar refractivity (Wildman–Crippen MR) is 125 cm³/mol. The molecule has 0 atom stereocenters. The number of nitrogens with zero attached hydrogens (tertiary/aromatic N) is 2. The van der Waals surface area contributed by atoms with E-state index in [1.165, 1.54) is 19.3 Å². The number of rotatable bonds is 5. The molecule has 5 rings (SSSR count). The van der Waals surface area contributed by atoms with Crippen molar-refractivity contribution in [1.29, 1.82) is 0 Å². The summed E-state index contributed by atoms with van der Waals surface area (Å²) in [5.74, 6) is 0.714. The average Bonchev–Trinajstić information content (AvgIpc) is 3.24. The standard InChI is InChI=1S/C24H24N4O2S/c29-31(30,27-19-9-11-20(12-10-19)28-15-5-2-6-16-28)21-13-14-22-23(17-21)26-24(25-22)18-7-3-1-4-8-18/h1,3-4,7-14,17,27H,2,5-6,15-16H2,(H,25,26). The lowest BCUT2D eigenvalue weighted by Crippen LogP contribution is -2.29. The van der Waals surface area contributed by atoms with Gasteiger partial charge in [-0.3, -0.25) is 4.72 Å². The number of imidazole rings is 1. The van der Waals surface area contributed by atoms with Crippen LogP contribution in [0.25, 0.3) is 22.4 Å². The van der Waals surface area contributed by atoms with Gasteiger partial charge in [-0.15, -0.1) is 0 Å². The van der Waals surface area contributed by atoms with Crippen molar-refractivity contribution >= 4 is 32.4 Å². The number of nitrogens with one attached hydrogen (secondary N) is 2. The molecule has 0 spiro atoms. The van der Waals surface area contributed by atoms with E-state index in [-0.39, 0.29) is 4.90 Å². The third-order valence-corrected chi connectivity index (χ3v) is 7.03. The summed E-state index contributed by atoms with van der Waals surface area (Å²) >= 11 is 0.